The number of fused-ring (bicyclic) bond motifs is 1. The van der Waals surface area contributed by atoms with Crippen LogP contribution in [-0.4, -0.2) is 34.3 Å². The maximum absolute atomic E-state index is 13.4. The zero-order valence-corrected chi connectivity index (χ0v) is 14.4. The minimum absolute atomic E-state index is 0.000915. The monoisotopic (exact) mass is 327 g/mol. The summed E-state index contributed by atoms with van der Waals surface area (Å²) in [6, 6.07) is 9.95. The topological polar surface area (TPSA) is 57.6 Å². The molecule has 1 aliphatic heterocycles. The molecule has 0 radical (unpaired) electrons. The smallest absolute Gasteiger partial charge is 0.236 e. The quantitative estimate of drug-likeness (QED) is 0.849. The molecule has 2 saturated carbocycles. The van der Waals surface area contributed by atoms with E-state index in [9.17, 15) is 14.7 Å². The standard InChI is InChI=1S/C20H25NO3/c1-19(2)12-20-14(10-15(22)16(19)17(20)23)8-9-21(18(20)24)11-13-6-4-3-5-7-13/h3-7,14-16,22H,8-12H2,1-2H3/t14-,15-,16+,20+/m0/s1. The molecule has 0 aromatic heterocycles. The number of carbonyl (C=O) groups excluding carboxylic acids is 2. The first-order valence-corrected chi connectivity index (χ1v) is 8.92. The van der Waals surface area contributed by atoms with E-state index < -0.39 is 17.4 Å². The summed E-state index contributed by atoms with van der Waals surface area (Å²) in [5.41, 5.74) is -0.102. The highest BCUT2D eigenvalue weighted by Crippen LogP contribution is 2.62. The van der Waals surface area contributed by atoms with Crippen molar-refractivity contribution in [1.29, 1.82) is 0 Å². The van der Waals surface area contributed by atoms with E-state index in [0.29, 0.717) is 25.9 Å². The van der Waals surface area contributed by atoms with Crippen molar-refractivity contribution in [3.05, 3.63) is 35.9 Å². The summed E-state index contributed by atoms with van der Waals surface area (Å²) in [6.45, 7) is 5.29. The van der Waals surface area contributed by atoms with Crippen LogP contribution >= 0.6 is 0 Å². The van der Waals surface area contributed by atoms with E-state index in [2.05, 4.69) is 0 Å². The van der Waals surface area contributed by atoms with Crippen LogP contribution in [0.25, 0.3) is 0 Å². The molecule has 4 heteroatoms. The van der Waals surface area contributed by atoms with Crippen LogP contribution in [0.5, 0.6) is 0 Å². The molecule has 1 spiro atoms. The van der Waals surface area contributed by atoms with Gasteiger partial charge in [-0.1, -0.05) is 44.2 Å². The lowest BCUT2D eigenvalue weighted by Crippen LogP contribution is -2.59. The molecular formula is C20H25NO3. The Labute approximate surface area is 142 Å². The summed E-state index contributed by atoms with van der Waals surface area (Å²) in [6.07, 6.45) is 1.38. The van der Waals surface area contributed by atoms with Gasteiger partial charge in [0.15, 0.2) is 5.78 Å². The third-order valence-corrected chi connectivity index (χ3v) is 6.54. The molecule has 1 amide bonds. The zero-order valence-electron chi connectivity index (χ0n) is 14.4. The Hall–Kier alpha value is -1.68. The van der Waals surface area contributed by atoms with Crippen molar-refractivity contribution in [3.8, 4) is 0 Å². The van der Waals surface area contributed by atoms with Gasteiger partial charge in [0, 0.05) is 19.0 Å². The predicted octanol–water partition coefficient (Wildman–Crippen LogP) is 2.40. The molecule has 4 atom stereocenters. The number of likely N-dealkylation sites (tertiary alicyclic amines) is 1. The number of amides is 1. The highest BCUT2D eigenvalue weighted by atomic mass is 16.3. The Morgan fingerprint density at radius 3 is 2.62 bits per heavy atom. The van der Waals surface area contributed by atoms with Crippen molar-refractivity contribution < 1.29 is 14.7 Å². The van der Waals surface area contributed by atoms with Crippen molar-refractivity contribution in [2.75, 3.05) is 6.54 Å². The second-order valence-corrected chi connectivity index (χ2v) is 8.48. The molecule has 3 aliphatic rings. The number of nitrogens with zero attached hydrogens (tertiary/aromatic N) is 1. The van der Waals surface area contributed by atoms with Gasteiger partial charge in [-0.05, 0) is 36.2 Å². The van der Waals surface area contributed by atoms with Crippen LogP contribution in [0.4, 0.5) is 0 Å². The lowest BCUT2D eigenvalue weighted by molar-refractivity contribution is -0.164. The van der Waals surface area contributed by atoms with Crippen LogP contribution in [-0.2, 0) is 16.1 Å². The van der Waals surface area contributed by atoms with E-state index in [0.717, 1.165) is 12.0 Å². The number of piperidine rings is 1. The number of benzene rings is 1. The van der Waals surface area contributed by atoms with Gasteiger partial charge in [-0.2, -0.15) is 0 Å². The second kappa shape index (κ2) is 5.16. The molecule has 24 heavy (non-hydrogen) atoms. The number of aliphatic hydroxyl groups excluding tert-OH is 1. The third-order valence-electron chi connectivity index (χ3n) is 6.54. The molecule has 2 bridgehead atoms. The number of ketones is 1. The molecule has 0 unspecified atom stereocenters. The average molecular weight is 327 g/mol. The van der Waals surface area contributed by atoms with Crippen molar-refractivity contribution in [2.24, 2.45) is 22.7 Å². The summed E-state index contributed by atoms with van der Waals surface area (Å²) in [4.78, 5) is 28.4. The van der Waals surface area contributed by atoms with E-state index in [1.54, 1.807) is 0 Å². The van der Waals surface area contributed by atoms with Gasteiger partial charge >= 0.3 is 0 Å². The van der Waals surface area contributed by atoms with E-state index >= 15 is 0 Å². The molecule has 2 aliphatic carbocycles. The van der Waals surface area contributed by atoms with E-state index in [1.807, 2.05) is 49.1 Å². The lowest BCUT2D eigenvalue weighted by atomic mass is 9.62. The summed E-state index contributed by atoms with van der Waals surface area (Å²) in [7, 11) is 0. The summed E-state index contributed by atoms with van der Waals surface area (Å²) in [5.74, 6) is -0.402. The van der Waals surface area contributed by atoms with Crippen molar-refractivity contribution in [3.63, 3.8) is 0 Å². The number of Topliss-reactive ketones (excluding diaryl/α,β-unsaturated/α-hetero) is 1. The number of hydrogen-bond acceptors (Lipinski definition) is 3. The fourth-order valence-corrected chi connectivity index (χ4v) is 5.59. The lowest BCUT2D eigenvalue weighted by Gasteiger charge is -2.47. The van der Waals surface area contributed by atoms with Gasteiger partial charge in [0.2, 0.25) is 5.91 Å². The normalized spacial score (nSPS) is 37.5. The van der Waals surface area contributed by atoms with Gasteiger partial charge in [0.1, 0.15) is 5.41 Å². The fraction of sp³-hybridized carbons (Fsp3) is 0.600. The third kappa shape index (κ3) is 2.02. The number of aliphatic hydroxyl groups is 1. The molecule has 4 rings (SSSR count). The van der Waals surface area contributed by atoms with E-state index in [4.69, 9.17) is 0 Å². The first-order valence-electron chi connectivity index (χ1n) is 8.92. The van der Waals surface area contributed by atoms with Gasteiger partial charge in [-0.25, -0.2) is 0 Å². The Bertz CT molecular complexity index is 683. The van der Waals surface area contributed by atoms with Gasteiger partial charge in [0.25, 0.3) is 0 Å². The Morgan fingerprint density at radius 1 is 1.21 bits per heavy atom. The minimum atomic E-state index is -0.888. The zero-order chi connectivity index (χ0) is 17.1. The van der Waals surface area contributed by atoms with Crippen LogP contribution in [0, 0.1) is 22.7 Å². The Morgan fingerprint density at radius 2 is 1.92 bits per heavy atom. The van der Waals surface area contributed by atoms with Gasteiger partial charge in [0.05, 0.1) is 6.10 Å². The largest absolute Gasteiger partial charge is 0.392 e. The van der Waals surface area contributed by atoms with Gasteiger partial charge in [-0.15, -0.1) is 0 Å². The van der Waals surface area contributed by atoms with Crippen molar-refractivity contribution in [1.82, 2.24) is 4.90 Å². The molecule has 1 aromatic rings. The molecule has 1 saturated heterocycles. The molecule has 1 N–H and O–H groups in total. The highest BCUT2D eigenvalue weighted by molar-refractivity contribution is 6.10. The number of rotatable bonds is 2. The van der Waals surface area contributed by atoms with E-state index in [1.165, 1.54) is 0 Å². The molecule has 3 fully saturated rings. The molecule has 1 heterocycles. The van der Waals surface area contributed by atoms with Gasteiger partial charge < -0.3 is 10.0 Å². The van der Waals surface area contributed by atoms with Crippen LogP contribution in [0.2, 0.25) is 0 Å². The minimum Gasteiger partial charge on any atom is -0.392 e. The Balaban J connectivity index is 1.68. The number of carbonyl (C=O) groups is 2. The molecule has 128 valence electrons. The Kier molecular flexibility index (Phi) is 3.40. The summed E-state index contributed by atoms with van der Waals surface area (Å²) >= 11 is 0. The predicted molar refractivity (Wildman–Crippen MR) is 89.9 cm³/mol. The second-order valence-electron chi connectivity index (χ2n) is 8.48. The molecule has 1 aromatic carbocycles. The van der Waals surface area contributed by atoms with Crippen molar-refractivity contribution >= 4 is 11.7 Å². The van der Waals surface area contributed by atoms with E-state index in [-0.39, 0.29) is 23.0 Å². The van der Waals surface area contributed by atoms with Gasteiger partial charge in [-0.3, -0.25) is 9.59 Å². The summed E-state index contributed by atoms with van der Waals surface area (Å²) in [5, 5.41) is 10.5. The fourth-order valence-electron chi connectivity index (χ4n) is 5.59. The SMILES string of the molecule is CC1(C)C[C@]23C(=O)[C@H]1[C@@H](O)C[C@@H]2CCN(Cc1ccccc1)C3=O. The van der Waals surface area contributed by atoms with Crippen LogP contribution in [0.3, 0.4) is 0 Å². The average Bonchev–Trinajstić information content (AvgIpc) is 2.68. The molecule has 4 nitrogen and oxygen atoms in total. The van der Waals surface area contributed by atoms with Crippen LogP contribution < -0.4 is 0 Å². The first-order chi connectivity index (χ1) is 11.4. The van der Waals surface area contributed by atoms with Crippen molar-refractivity contribution in [2.45, 2.75) is 45.8 Å². The molecular weight excluding hydrogens is 302 g/mol. The first kappa shape index (κ1) is 15.8. The highest BCUT2D eigenvalue weighted by Gasteiger charge is 2.70. The van der Waals surface area contributed by atoms with Crippen LogP contribution in [0.1, 0.15) is 38.7 Å². The maximum atomic E-state index is 13.4. The number of hydrogen-bond donors (Lipinski definition) is 1. The summed E-state index contributed by atoms with van der Waals surface area (Å²) < 4.78 is 0. The van der Waals surface area contributed by atoms with Crippen LogP contribution in [0.15, 0.2) is 30.3 Å². The maximum Gasteiger partial charge on any atom is 0.236 e.